The highest BCUT2D eigenvalue weighted by Crippen LogP contribution is 2.27. The molecule has 1 atom stereocenters. The number of aliphatic hydroxyl groups is 1. The fourth-order valence-electron chi connectivity index (χ4n) is 1.45. The zero-order chi connectivity index (χ0) is 8.60. The average Bonchev–Trinajstić information content (AvgIpc) is 2.59. The first-order chi connectivity index (χ1) is 5.72. The monoisotopic (exact) mass is 169 g/mol. The van der Waals surface area contributed by atoms with Gasteiger partial charge in [0.05, 0.1) is 13.2 Å². The van der Waals surface area contributed by atoms with E-state index in [-0.39, 0.29) is 0 Å². The zero-order valence-electron chi connectivity index (χ0n) is 6.90. The molecular formula is C7H11N3O2. The van der Waals surface area contributed by atoms with E-state index in [0.29, 0.717) is 25.5 Å². The smallest absolute Gasteiger partial charge is 0.161 e. The Bertz CT molecular complexity index is 278. The van der Waals surface area contributed by atoms with E-state index in [9.17, 15) is 5.11 Å². The molecule has 1 fully saturated rings. The molecule has 2 heterocycles. The Balaban J connectivity index is 2.34. The van der Waals surface area contributed by atoms with Gasteiger partial charge in [0, 0.05) is 13.5 Å². The van der Waals surface area contributed by atoms with Crippen LogP contribution >= 0.6 is 0 Å². The van der Waals surface area contributed by atoms with Crippen LogP contribution in [0.2, 0.25) is 0 Å². The lowest BCUT2D eigenvalue weighted by molar-refractivity contribution is 0.0123. The van der Waals surface area contributed by atoms with Crippen molar-refractivity contribution in [1.82, 2.24) is 14.8 Å². The SMILES string of the molecule is Cn1ncnc1C1(O)CCOC1. The number of hydrogen-bond acceptors (Lipinski definition) is 4. The number of ether oxygens (including phenoxy) is 1. The van der Waals surface area contributed by atoms with Gasteiger partial charge in [-0.1, -0.05) is 0 Å². The van der Waals surface area contributed by atoms with Crippen LogP contribution < -0.4 is 0 Å². The normalized spacial score (nSPS) is 29.5. The number of aromatic nitrogens is 3. The minimum absolute atomic E-state index is 0.319. The number of nitrogens with zero attached hydrogens (tertiary/aromatic N) is 3. The van der Waals surface area contributed by atoms with E-state index in [1.807, 2.05) is 0 Å². The number of aryl methyl sites for hydroxylation is 1. The Morgan fingerprint density at radius 3 is 3.08 bits per heavy atom. The molecule has 0 bridgehead atoms. The predicted molar refractivity (Wildman–Crippen MR) is 40.3 cm³/mol. The van der Waals surface area contributed by atoms with Crippen molar-refractivity contribution in [3.8, 4) is 0 Å². The second-order valence-corrected chi connectivity index (χ2v) is 3.04. The summed E-state index contributed by atoms with van der Waals surface area (Å²) in [6, 6.07) is 0. The molecule has 5 heteroatoms. The highest BCUT2D eigenvalue weighted by Gasteiger charge is 2.37. The molecule has 1 aliphatic heterocycles. The largest absolute Gasteiger partial charge is 0.379 e. The van der Waals surface area contributed by atoms with Crippen LogP contribution in [0.1, 0.15) is 12.2 Å². The second-order valence-electron chi connectivity index (χ2n) is 3.04. The minimum atomic E-state index is -0.925. The van der Waals surface area contributed by atoms with Crippen LogP contribution in [-0.4, -0.2) is 33.1 Å². The van der Waals surface area contributed by atoms with Crippen molar-refractivity contribution in [1.29, 1.82) is 0 Å². The quantitative estimate of drug-likeness (QED) is 0.611. The summed E-state index contributed by atoms with van der Waals surface area (Å²) < 4.78 is 6.69. The minimum Gasteiger partial charge on any atom is -0.379 e. The zero-order valence-corrected chi connectivity index (χ0v) is 6.90. The van der Waals surface area contributed by atoms with E-state index < -0.39 is 5.60 Å². The van der Waals surface area contributed by atoms with E-state index in [1.165, 1.54) is 6.33 Å². The average molecular weight is 169 g/mol. The van der Waals surface area contributed by atoms with Crippen molar-refractivity contribution in [2.75, 3.05) is 13.2 Å². The van der Waals surface area contributed by atoms with E-state index in [1.54, 1.807) is 11.7 Å². The number of hydrogen-bond donors (Lipinski definition) is 1. The van der Waals surface area contributed by atoms with E-state index in [0.717, 1.165) is 0 Å². The van der Waals surface area contributed by atoms with Gasteiger partial charge < -0.3 is 9.84 Å². The molecule has 0 aromatic carbocycles. The van der Waals surface area contributed by atoms with Crippen LogP contribution in [0.4, 0.5) is 0 Å². The summed E-state index contributed by atoms with van der Waals surface area (Å²) in [5, 5.41) is 13.9. The molecule has 1 N–H and O–H groups in total. The first-order valence-corrected chi connectivity index (χ1v) is 3.87. The predicted octanol–water partition coefficient (Wildman–Crippen LogP) is -0.577. The van der Waals surface area contributed by atoms with Gasteiger partial charge in [0.15, 0.2) is 5.82 Å². The Morgan fingerprint density at radius 1 is 1.75 bits per heavy atom. The van der Waals surface area contributed by atoms with Gasteiger partial charge in [-0.15, -0.1) is 0 Å². The van der Waals surface area contributed by atoms with Gasteiger partial charge in [-0.25, -0.2) is 4.98 Å². The first-order valence-electron chi connectivity index (χ1n) is 3.87. The highest BCUT2D eigenvalue weighted by atomic mass is 16.5. The maximum Gasteiger partial charge on any atom is 0.161 e. The van der Waals surface area contributed by atoms with E-state index in [2.05, 4.69) is 10.1 Å². The van der Waals surface area contributed by atoms with E-state index >= 15 is 0 Å². The molecule has 0 aliphatic carbocycles. The molecule has 66 valence electrons. The van der Waals surface area contributed by atoms with Gasteiger partial charge >= 0.3 is 0 Å². The molecule has 12 heavy (non-hydrogen) atoms. The molecule has 0 spiro atoms. The molecular weight excluding hydrogens is 158 g/mol. The summed E-state index contributed by atoms with van der Waals surface area (Å²) in [5.41, 5.74) is -0.925. The third-order valence-corrected chi connectivity index (χ3v) is 2.13. The third kappa shape index (κ3) is 1.02. The molecule has 0 radical (unpaired) electrons. The molecule has 0 amide bonds. The molecule has 5 nitrogen and oxygen atoms in total. The Labute approximate surface area is 70.0 Å². The van der Waals surface area contributed by atoms with Gasteiger partial charge in [-0.05, 0) is 0 Å². The van der Waals surface area contributed by atoms with Gasteiger partial charge in [-0.3, -0.25) is 4.68 Å². The van der Waals surface area contributed by atoms with Crippen LogP contribution in [0.15, 0.2) is 6.33 Å². The van der Waals surface area contributed by atoms with Crippen molar-refractivity contribution in [2.24, 2.45) is 7.05 Å². The van der Waals surface area contributed by atoms with Gasteiger partial charge in [0.25, 0.3) is 0 Å². The van der Waals surface area contributed by atoms with Crippen LogP contribution in [0.3, 0.4) is 0 Å². The van der Waals surface area contributed by atoms with Crippen molar-refractivity contribution >= 4 is 0 Å². The summed E-state index contributed by atoms with van der Waals surface area (Å²) in [5.74, 6) is 0.583. The highest BCUT2D eigenvalue weighted by molar-refractivity contribution is 5.02. The maximum atomic E-state index is 9.98. The Kier molecular flexibility index (Phi) is 1.62. The van der Waals surface area contributed by atoms with Crippen LogP contribution in [-0.2, 0) is 17.4 Å². The topological polar surface area (TPSA) is 60.2 Å². The lowest BCUT2D eigenvalue weighted by Gasteiger charge is -2.18. The molecule has 1 aliphatic rings. The van der Waals surface area contributed by atoms with Crippen LogP contribution in [0, 0.1) is 0 Å². The van der Waals surface area contributed by atoms with Crippen molar-refractivity contribution in [3.05, 3.63) is 12.2 Å². The summed E-state index contributed by atoms with van der Waals surface area (Å²) >= 11 is 0. The maximum absolute atomic E-state index is 9.98. The standard InChI is InChI=1S/C7H11N3O2/c1-10-6(8-5-9-10)7(11)2-3-12-4-7/h5,11H,2-4H2,1H3. The lowest BCUT2D eigenvalue weighted by Crippen LogP contribution is -2.29. The summed E-state index contributed by atoms with van der Waals surface area (Å²) in [7, 11) is 1.76. The Hall–Kier alpha value is -0.940. The molecule has 2 rings (SSSR count). The summed E-state index contributed by atoms with van der Waals surface area (Å²) in [4.78, 5) is 3.99. The summed E-state index contributed by atoms with van der Waals surface area (Å²) in [6.45, 7) is 0.906. The van der Waals surface area contributed by atoms with Crippen LogP contribution in [0.5, 0.6) is 0 Å². The van der Waals surface area contributed by atoms with Gasteiger partial charge in [0.2, 0.25) is 0 Å². The number of rotatable bonds is 1. The van der Waals surface area contributed by atoms with Crippen LogP contribution in [0.25, 0.3) is 0 Å². The van der Waals surface area contributed by atoms with Crippen molar-refractivity contribution in [2.45, 2.75) is 12.0 Å². The molecule has 0 saturated carbocycles. The van der Waals surface area contributed by atoms with Gasteiger partial charge in [-0.2, -0.15) is 5.10 Å². The molecule has 1 aromatic heterocycles. The van der Waals surface area contributed by atoms with E-state index in [4.69, 9.17) is 4.74 Å². The van der Waals surface area contributed by atoms with Crippen molar-refractivity contribution < 1.29 is 9.84 Å². The first kappa shape index (κ1) is 7.70. The molecule has 1 aromatic rings. The lowest BCUT2D eigenvalue weighted by atomic mass is 10.0. The van der Waals surface area contributed by atoms with Gasteiger partial charge in [0.1, 0.15) is 11.9 Å². The third-order valence-electron chi connectivity index (χ3n) is 2.13. The molecule has 1 unspecified atom stereocenters. The molecule has 1 saturated heterocycles. The van der Waals surface area contributed by atoms with Crippen molar-refractivity contribution in [3.63, 3.8) is 0 Å². The second kappa shape index (κ2) is 2.53. The summed E-state index contributed by atoms with van der Waals surface area (Å²) in [6.07, 6.45) is 2.03. The Morgan fingerprint density at radius 2 is 2.58 bits per heavy atom. The fourth-order valence-corrected chi connectivity index (χ4v) is 1.45. The fraction of sp³-hybridized carbons (Fsp3) is 0.714.